The van der Waals surface area contributed by atoms with Crippen LogP contribution in [0.15, 0.2) is 24.3 Å². The lowest BCUT2D eigenvalue weighted by Gasteiger charge is -2.24. The molecule has 100 valence electrons. The summed E-state index contributed by atoms with van der Waals surface area (Å²) in [4.78, 5) is 0. The molecule has 0 spiro atoms. The molecule has 0 saturated carbocycles. The fourth-order valence-corrected chi connectivity index (χ4v) is 2.59. The highest BCUT2D eigenvalue weighted by Gasteiger charge is 2.30. The SMILES string of the molecule is CCCC(F)(F)c1ccc(C2CCCNC2)cc1. The minimum atomic E-state index is -2.68. The normalized spacial score (nSPS) is 20.9. The van der Waals surface area contributed by atoms with Crippen molar-refractivity contribution in [1.82, 2.24) is 5.32 Å². The molecule has 1 heterocycles. The predicted molar refractivity (Wildman–Crippen MR) is 70.1 cm³/mol. The van der Waals surface area contributed by atoms with Crippen LogP contribution < -0.4 is 5.32 Å². The lowest BCUT2D eigenvalue weighted by atomic mass is 9.90. The second kappa shape index (κ2) is 5.79. The lowest BCUT2D eigenvalue weighted by molar-refractivity contribution is -0.0140. The van der Waals surface area contributed by atoms with Gasteiger partial charge in [-0.3, -0.25) is 0 Å². The van der Waals surface area contributed by atoms with Crippen LogP contribution >= 0.6 is 0 Å². The van der Waals surface area contributed by atoms with Crippen LogP contribution in [0.4, 0.5) is 8.78 Å². The zero-order valence-electron chi connectivity index (χ0n) is 10.9. The van der Waals surface area contributed by atoms with Crippen LogP contribution in [-0.4, -0.2) is 13.1 Å². The van der Waals surface area contributed by atoms with Gasteiger partial charge >= 0.3 is 0 Å². The molecule has 2 rings (SSSR count). The number of halogens is 2. The Morgan fingerprint density at radius 2 is 2.00 bits per heavy atom. The number of hydrogen-bond donors (Lipinski definition) is 1. The van der Waals surface area contributed by atoms with E-state index in [9.17, 15) is 8.78 Å². The van der Waals surface area contributed by atoms with Crippen LogP contribution in [0.25, 0.3) is 0 Å². The fourth-order valence-electron chi connectivity index (χ4n) is 2.59. The number of alkyl halides is 2. The average molecular weight is 253 g/mol. The summed E-state index contributed by atoms with van der Waals surface area (Å²) in [5.41, 5.74) is 1.33. The third-order valence-electron chi connectivity index (χ3n) is 3.67. The molecule has 1 aliphatic heterocycles. The Morgan fingerprint density at radius 1 is 1.28 bits per heavy atom. The predicted octanol–water partition coefficient (Wildman–Crippen LogP) is 4.05. The molecule has 1 N–H and O–H groups in total. The Hall–Kier alpha value is -0.960. The Balaban J connectivity index is 2.09. The van der Waals surface area contributed by atoms with Crippen molar-refractivity contribution >= 4 is 0 Å². The van der Waals surface area contributed by atoms with Crippen molar-refractivity contribution in [2.45, 2.75) is 44.4 Å². The van der Waals surface area contributed by atoms with Crippen LogP contribution in [0.2, 0.25) is 0 Å². The largest absolute Gasteiger partial charge is 0.316 e. The topological polar surface area (TPSA) is 12.0 Å². The zero-order valence-corrected chi connectivity index (χ0v) is 10.9. The molecule has 1 aromatic rings. The molecule has 0 radical (unpaired) electrons. The van der Waals surface area contributed by atoms with E-state index in [1.54, 1.807) is 19.1 Å². The summed E-state index contributed by atoms with van der Waals surface area (Å²) in [6.45, 7) is 3.82. The van der Waals surface area contributed by atoms with Crippen molar-refractivity contribution in [3.05, 3.63) is 35.4 Å². The van der Waals surface area contributed by atoms with Gasteiger partial charge in [0.1, 0.15) is 0 Å². The van der Waals surface area contributed by atoms with Crippen molar-refractivity contribution in [2.75, 3.05) is 13.1 Å². The highest BCUT2D eigenvalue weighted by atomic mass is 19.3. The molecule has 1 unspecified atom stereocenters. The van der Waals surface area contributed by atoms with E-state index in [1.807, 2.05) is 12.1 Å². The number of nitrogens with one attached hydrogen (secondary N) is 1. The van der Waals surface area contributed by atoms with Crippen LogP contribution in [-0.2, 0) is 5.92 Å². The van der Waals surface area contributed by atoms with Gasteiger partial charge in [0.05, 0.1) is 0 Å². The summed E-state index contributed by atoms with van der Waals surface area (Å²) in [6.07, 6.45) is 2.74. The molecule has 1 aliphatic rings. The Kier molecular flexibility index (Phi) is 4.33. The minimum Gasteiger partial charge on any atom is -0.316 e. The molecule has 0 bridgehead atoms. The number of rotatable bonds is 4. The fraction of sp³-hybridized carbons (Fsp3) is 0.600. The van der Waals surface area contributed by atoms with Crippen molar-refractivity contribution in [1.29, 1.82) is 0 Å². The lowest BCUT2D eigenvalue weighted by Crippen LogP contribution is -2.28. The summed E-state index contributed by atoms with van der Waals surface area (Å²) < 4.78 is 27.4. The van der Waals surface area contributed by atoms with Gasteiger partial charge in [0, 0.05) is 18.5 Å². The highest BCUT2D eigenvalue weighted by Crippen LogP contribution is 2.34. The second-order valence-corrected chi connectivity index (χ2v) is 5.12. The monoisotopic (exact) mass is 253 g/mol. The molecule has 0 amide bonds. The molecular formula is C15H21F2N. The van der Waals surface area contributed by atoms with Gasteiger partial charge in [-0.25, -0.2) is 8.78 Å². The van der Waals surface area contributed by atoms with E-state index in [0.29, 0.717) is 12.3 Å². The molecule has 0 aliphatic carbocycles. The maximum atomic E-state index is 13.7. The van der Waals surface area contributed by atoms with E-state index < -0.39 is 5.92 Å². The van der Waals surface area contributed by atoms with Gasteiger partial charge < -0.3 is 5.32 Å². The Bertz CT molecular complexity index is 367. The number of hydrogen-bond acceptors (Lipinski definition) is 1. The molecule has 3 heteroatoms. The Labute approximate surface area is 108 Å². The molecule has 1 atom stereocenters. The summed E-state index contributed by atoms with van der Waals surface area (Å²) in [5, 5.41) is 3.35. The number of piperidine rings is 1. The molecule has 1 fully saturated rings. The molecule has 0 aromatic heterocycles. The third kappa shape index (κ3) is 3.08. The van der Waals surface area contributed by atoms with Crippen LogP contribution in [0, 0.1) is 0 Å². The molecule has 1 aromatic carbocycles. The smallest absolute Gasteiger partial charge is 0.273 e. The van der Waals surface area contributed by atoms with Gasteiger partial charge in [0.2, 0.25) is 0 Å². The van der Waals surface area contributed by atoms with Crippen LogP contribution in [0.3, 0.4) is 0 Å². The van der Waals surface area contributed by atoms with E-state index in [2.05, 4.69) is 5.32 Å². The first-order valence-corrected chi connectivity index (χ1v) is 6.82. The average Bonchev–Trinajstić information content (AvgIpc) is 2.40. The highest BCUT2D eigenvalue weighted by molar-refractivity contribution is 5.28. The first-order chi connectivity index (χ1) is 8.63. The quantitative estimate of drug-likeness (QED) is 0.853. The van der Waals surface area contributed by atoms with E-state index >= 15 is 0 Å². The van der Waals surface area contributed by atoms with E-state index in [1.165, 1.54) is 12.0 Å². The van der Waals surface area contributed by atoms with Gasteiger partial charge in [0.25, 0.3) is 5.92 Å². The van der Waals surface area contributed by atoms with E-state index in [-0.39, 0.29) is 12.0 Å². The first kappa shape index (κ1) is 13.5. The maximum Gasteiger partial charge on any atom is 0.273 e. The minimum absolute atomic E-state index is 0.0721. The van der Waals surface area contributed by atoms with Crippen LogP contribution in [0.1, 0.15) is 49.7 Å². The van der Waals surface area contributed by atoms with Crippen molar-refractivity contribution in [2.24, 2.45) is 0 Å². The zero-order chi connectivity index (χ0) is 13.0. The van der Waals surface area contributed by atoms with Gasteiger partial charge in [-0.1, -0.05) is 37.6 Å². The van der Waals surface area contributed by atoms with Gasteiger partial charge in [-0.05, 0) is 30.9 Å². The van der Waals surface area contributed by atoms with E-state index in [4.69, 9.17) is 0 Å². The summed E-state index contributed by atoms with van der Waals surface area (Å²) in [7, 11) is 0. The first-order valence-electron chi connectivity index (χ1n) is 6.82. The number of benzene rings is 1. The summed E-state index contributed by atoms with van der Waals surface area (Å²) in [6, 6.07) is 6.94. The van der Waals surface area contributed by atoms with Crippen molar-refractivity contribution in [3.63, 3.8) is 0 Å². The van der Waals surface area contributed by atoms with Gasteiger partial charge in [-0.2, -0.15) is 0 Å². The summed E-state index contributed by atoms with van der Waals surface area (Å²) in [5.74, 6) is -2.20. The second-order valence-electron chi connectivity index (χ2n) is 5.12. The molecule has 1 saturated heterocycles. The van der Waals surface area contributed by atoms with Gasteiger partial charge in [0.15, 0.2) is 0 Å². The summed E-state index contributed by atoms with van der Waals surface area (Å²) >= 11 is 0. The molecular weight excluding hydrogens is 232 g/mol. The molecule has 18 heavy (non-hydrogen) atoms. The van der Waals surface area contributed by atoms with Gasteiger partial charge in [-0.15, -0.1) is 0 Å². The third-order valence-corrected chi connectivity index (χ3v) is 3.67. The van der Waals surface area contributed by atoms with Crippen LogP contribution in [0.5, 0.6) is 0 Å². The van der Waals surface area contributed by atoms with Crippen molar-refractivity contribution < 1.29 is 8.78 Å². The van der Waals surface area contributed by atoms with Crippen molar-refractivity contribution in [3.8, 4) is 0 Å². The maximum absolute atomic E-state index is 13.7. The standard InChI is InChI=1S/C15H21F2N/c1-2-9-15(16,17)14-7-5-12(6-8-14)13-4-3-10-18-11-13/h5-8,13,18H,2-4,9-11H2,1H3. The Morgan fingerprint density at radius 3 is 2.56 bits per heavy atom. The van der Waals surface area contributed by atoms with E-state index in [0.717, 1.165) is 19.5 Å². The molecule has 1 nitrogen and oxygen atoms in total.